The van der Waals surface area contributed by atoms with Gasteiger partial charge in [-0.1, -0.05) is 6.92 Å². The lowest BCUT2D eigenvalue weighted by Gasteiger charge is -2.19. The van der Waals surface area contributed by atoms with Crippen molar-refractivity contribution >= 4 is 23.4 Å². The topological polar surface area (TPSA) is 83.6 Å². The maximum atomic E-state index is 12.8. The molecule has 28 heavy (non-hydrogen) atoms. The zero-order valence-corrected chi connectivity index (χ0v) is 14.9. The lowest BCUT2D eigenvalue weighted by atomic mass is 9.94. The molecule has 1 aliphatic heterocycles. The number of hydrogen-bond acceptors (Lipinski definition) is 5. The van der Waals surface area contributed by atoms with Crippen molar-refractivity contribution in [3.63, 3.8) is 0 Å². The molecule has 7 nitrogen and oxygen atoms in total. The first-order valence-electron chi connectivity index (χ1n) is 8.33. The number of carbonyl (C=O) groups is 2. The smallest absolute Gasteiger partial charge is 0.406 e. The van der Waals surface area contributed by atoms with Gasteiger partial charge >= 0.3 is 12.4 Å². The Hall–Kier alpha value is -3.30. The SMILES string of the molecule is CNc1cc(C(C)C2NC(=O)N(c3ccc(OC(F)(F)F)cc3)C2=O)ccn1. The normalized spacial score (nSPS) is 18.0. The first-order valence-corrected chi connectivity index (χ1v) is 8.33. The van der Waals surface area contributed by atoms with Crippen molar-refractivity contribution in [3.8, 4) is 5.75 Å². The second kappa shape index (κ2) is 7.37. The van der Waals surface area contributed by atoms with Gasteiger partial charge < -0.3 is 15.4 Å². The first-order chi connectivity index (χ1) is 13.2. The van der Waals surface area contributed by atoms with Gasteiger partial charge in [0.15, 0.2) is 0 Å². The average Bonchev–Trinajstić information content (AvgIpc) is 2.95. The molecule has 0 saturated carbocycles. The lowest BCUT2D eigenvalue weighted by molar-refractivity contribution is -0.274. The number of carbonyl (C=O) groups excluding carboxylic acids is 2. The van der Waals surface area contributed by atoms with E-state index in [1.165, 1.54) is 12.1 Å². The second-order valence-electron chi connectivity index (χ2n) is 6.16. The number of nitrogens with one attached hydrogen (secondary N) is 2. The molecule has 148 valence electrons. The summed E-state index contributed by atoms with van der Waals surface area (Å²) in [7, 11) is 1.72. The molecule has 0 aliphatic carbocycles. The third kappa shape index (κ3) is 4.00. The number of hydrogen-bond donors (Lipinski definition) is 2. The van der Waals surface area contributed by atoms with Crippen LogP contribution in [0.1, 0.15) is 18.4 Å². The molecule has 2 unspecified atom stereocenters. The fourth-order valence-electron chi connectivity index (χ4n) is 2.94. The Morgan fingerprint density at radius 1 is 1.21 bits per heavy atom. The molecule has 10 heteroatoms. The molecule has 0 spiro atoms. The number of ether oxygens (including phenoxy) is 1. The number of imide groups is 1. The minimum atomic E-state index is -4.82. The van der Waals surface area contributed by atoms with Crippen molar-refractivity contribution in [1.29, 1.82) is 0 Å². The van der Waals surface area contributed by atoms with Crippen molar-refractivity contribution in [2.45, 2.75) is 25.2 Å². The van der Waals surface area contributed by atoms with Crippen molar-refractivity contribution in [2.75, 3.05) is 17.3 Å². The zero-order chi connectivity index (χ0) is 20.5. The highest BCUT2D eigenvalue weighted by Crippen LogP contribution is 2.30. The molecule has 0 bridgehead atoms. The summed E-state index contributed by atoms with van der Waals surface area (Å²) >= 11 is 0. The molecule has 0 radical (unpaired) electrons. The number of nitrogens with zero attached hydrogens (tertiary/aromatic N) is 2. The zero-order valence-electron chi connectivity index (χ0n) is 14.9. The van der Waals surface area contributed by atoms with Gasteiger partial charge in [0.1, 0.15) is 17.6 Å². The van der Waals surface area contributed by atoms with E-state index in [0.717, 1.165) is 22.6 Å². The Morgan fingerprint density at radius 3 is 2.50 bits per heavy atom. The number of amides is 3. The molecular weight excluding hydrogens is 377 g/mol. The van der Waals surface area contributed by atoms with Gasteiger partial charge in [0, 0.05) is 19.2 Å². The summed E-state index contributed by atoms with van der Waals surface area (Å²) in [5.74, 6) is -0.656. The van der Waals surface area contributed by atoms with E-state index in [2.05, 4.69) is 20.4 Å². The molecule has 2 atom stereocenters. The van der Waals surface area contributed by atoms with E-state index in [0.29, 0.717) is 5.82 Å². The Kier molecular flexibility index (Phi) is 5.12. The van der Waals surface area contributed by atoms with E-state index >= 15 is 0 Å². The summed E-state index contributed by atoms with van der Waals surface area (Å²) in [4.78, 5) is 30.1. The number of pyridine rings is 1. The average molecular weight is 394 g/mol. The van der Waals surface area contributed by atoms with Crippen LogP contribution in [0.5, 0.6) is 5.75 Å². The number of halogens is 3. The molecule has 1 aromatic carbocycles. The standard InChI is InChI=1S/C18H17F3N4O3/c1-10(11-7-8-23-14(9-11)22-2)15-16(26)25(17(27)24-15)12-3-5-13(6-4-12)28-18(19,20)21/h3-10,15H,1-2H3,(H,22,23)(H,24,27). The van der Waals surface area contributed by atoms with Gasteiger partial charge in [-0.05, 0) is 42.0 Å². The number of alkyl halides is 3. The Morgan fingerprint density at radius 2 is 1.89 bits per heavy atom. The highest BCUT2D eigenvalue weighted by Gasteiger charge is 2.42. The maximum Gasteiger partial charge on any atom is 0.573 e. The predicted octanol–water partition coefficient (Wildman–Crippen LogP) is 3.25. The monoisotopic (exact) mass is 394 g/mol. The highest BCUT2D eigenvalue weighted by molar-refractivity contribution is 6.21. The highest BCUT2D eigenvalue weighted by atomic mass is 19.4. The summed E-state index contributed by atoms with van der Waals surface area (Å²) in [6, 6.07) is 6.59. The second-order valence-corrected chi connectivity index (χ2v) is 6.16. The Labute approximate surface area is 158 Å². The minimum Gasteiger partial charge on any atom is -0.406 e. The predicted molar refractivity (Wildman–Crippen MR) is 95.1 cm³/mol. The van der Waals surface area contributed by atoms with Gasteiger partial charge in [-0.15, -0.1) is 13.2 Å². The van der Waals surface area contributed by atoms with Gasteiger partial charge in [0.05, 0.1) is 5.69 Å². The fourth-order valence-corrected chi connectivity index (χ4v) is 2.94. The van der Waals surface area contributed by atoms with E-state index in [-0.39, 0.29) is 11.6 Å². The molecule has 3 amide bonds. The first kappa shape index (κ1) is 19.5. The van der Waals surface area contributed by atoms with Crippen LogP contribution in [-0.4, -0.2) is 36.4 Å². The molecule has 2 heterocycles. The summed E-state index contributed by atoms with van der Waals surface area (Å²) < 4.78 is 40.6. The van der Waals surface area contributed by atoms with E-state index in [9.17, 15) is 22.8 Å². The molecule has 3 rings (SSSR count). The maximum absolute atomic E-state index is 12.8. The van der Waals surface area contributed by atoms with Crippen LogP contribution in [0.3, 0.4) is 0 Å². The van der Waals surface area contributed by atoms with E-state index in [4.69, 9.17) is 0 Å². The van der Waals surface area contributed by atoms with Crippen LogP contribution in [-0.2, 0) is 4.79 Å². The van der Waals surface area contributed by atoms with E-state index in [1.807, 2.05) is 0 Å². The fraction of sp³-hybridized carbons (Fsp3) is 0.278. The third-order valence-corrected chi connectivity index (χ3v) is 4.36. The number of benzene rings is 1. The van der Waals surface area contributed by atoms with Crippen LogP contribution in [0.2, 0.25) is 0 Å². The third-order valence-electron chi connectivity index (χ3n) is 4.36. The molecule has 1 aliphatic rings. The Balaban J connectivity index is 1.79. The van der Waals surface area contributed by atoms with Crippen LogP contribution in [0.25, 0.3) is 0 Å². The molecule has 1 saturated heterocycles. The van der Waals surface area contributed by atoms with Crippen LogP contribution >= 0.6 is 0 Å². The number of rotatable bonds is 5. The van der Waals surface area contributed by atoms with Gasteiger partial charge in [-0.2, -0.15) is 0 Å². The van der Waals surface area contributed by atoms with E-state index in [1.54, 1.807) is 32.3 Å². The largest absolute Gasteiger partial charge is 0.573 e. The molecular formula is C18H17F3N4O3. The van der Waals surface area contributed by atoms with Crippen molar-refractivity contribution in [2.24, 2.45) is 0 Å². The van der Waals surface area contributed by atoms with Crippen LogP contribution in [0, 0.1) is 0 Å². The van der Waals surface area contributed by atoms with Crippen molar-refractivity contribution in [1.82, 2.24) is 10.3 Å². The lowest BCUT2D eigenvalue weighted by Crippen LogP contribution is -2.34. The van der Waals surface area contributed by atoms with E-state index < -0.39 is 30.1 Å². The van der Waals surface area contributed by atoms with Gasteiger partial charge in [-0.25, -0.2) is 14.7 Å². The molecule has 2 N–H and O–H groups in total. The quantitative estimate of drug-likeness (QED) is 0.761. The number of urea groups is 1. The van der Waals surface area contributed by atoms with Crippen LogP contribution in [0.15, 0.2) is 42.6 Å². The van der Waals surface area contributed by atoms with Gasteiger partial charge in [-0.3, -0.25) is 4.79 Å². The van der Waals surface area contributed by atoms with Crippen molar-refractivity contribution < 1.29 is 27.5 Å². The number of anilines is 2. The molecule has 1 fully saturated rings. The molecule has 2 aromatic rings. The number of aromatic nitrogens is 1. The summed E-state index contributed by atoms with van der Waals surface area (Å²) in [5, 5.41) is 5.53. The summed E-state index contributed by atoms with van der Waals surface area (Å²) in [6.45, 7) is 1.79. The van der Waals surface area contributed by atoms with Gasteiger partial charge in [0.25, 0.3) is 5.91 Å². The molecule has 1 aromatic heterocycles. The van der Waals surface area contributed by atoms with Crippen LogP contribution in [0.4, 0.5) is 29.5 Å². The Bertz CT molecular complexity index is 886. The van der Waals surface area contributed by atoms with Crippen LogP contribution < -0.4 is 20.3 Å². The summed E-state index contributed by atoms with van der Waals surface area (Å²) in [6.07, 6.45) is -3.23. The van der Waals surface area contributed by atoms with Crippen molar-refractivity contribution in [3.05, 3.63) is 48.2 Å². The van der Waals surface area contributed by atoms with Gasteiger partial charge in [0.2, 0.25) is 0 Å². The minimum absolute atomic E-state index is 0.150. The summed E-state index contributed by atoms with van der Waals surface area (Å²) in [5.41, 5.74) is 0.950.